The smallest absolute Gasteiger partial charge is 0.120 e. The molecule has 1 aromatic rings. The van der Waals surface area contributed by atoms with Crippen molar-refractivity contribution in [1.29, 1.82) is 5.26 Å². The minimum atomic E-state index is 0.651. The van der Waals surface area contributed by atoms with E-state index in [1.807, 2.05) is 12.1 Å². The summed E-state index contributed by atoms with van der Waals surface area (Å²) in [6.07, 6.45) is 3.84. The molecule has 0 aliphatic heterocycles. The summed E-state index contributed by atoms with van der Waals surface area (Å²) in [5, 5.41) is 8.78. The van der Waals surface area contributed by atoms with Gasteiger partial charge < -0.3 is 9.64 Å². The summed E-state index contributed by atoms with van der Waals surface area (Å²) in [6, 6.07) is 9.44. The molecule has 0 bridgehead atoms. The van der Waals surface area contributed by atoms with E-state index < -0.39 is 0 Å². The minimum Gasteiger partial charge on any atom is -0.494 e. The fraction of sp³-hybridized carbons (Fsp3) is 0.533. The van der Waals surface area contributed by atoms with E-state index in [2.05, 4.69) is 18.0 Å². The van der Waals surface area contributed by atoms with Crippen molar-refractivity contribution >= 4 is 0 Å². The third kappa shape index (κ3) is 4.38. The highest BCUT2D eigenvalue weighted by molar-refractivity contribution is 5.36. The van der Waals surface area contributed by atoms with Gasteiger partial charge in [-0.15, -0.1) is 0 Å². The van der Waals surface area contributed by atoms with Crippen molar-refractivity contribution in [2.75, 3.05) is 26.7 Å². The van der Waals surface area contributed by atoms with Gasteiger partial charge in [-0.2, -0.15) is 5.26 Å². The summed E-state index contributed by atoms with van der Waals surface area (Å²) in [7, 11) is 2.18. The predicted molar refractivity (Wildman–Crippen MR) is 71.5 cm³/mol. The largest absolute Gasteiger partial charge is 0.494 e. The van der Waals surface area contributed by atoms with Gasteiger partial charge in [-0.3, -0.25) is 0 Å². The molecular formula is C15H20N2O. The highest BCUT2D eigenvalue weighted by atomic mass is 16.5. The maximum atomic E-state index is 8.78. The van der Waals surface area contributed by atoms with Crippen molar-refractivity contribution in [2.45, 2.75) is 19.3 Å². The Bertz CT molecular complexity index is 421. The lowest BCUT2D eigenvalue weighted by molar-refractivity contribution is 0.257. The summed E-state index contributed by atoms with van der Waals surface area (Å²) in [4.78, 5) is 2.38. The quantitative estimate of drug-likeness (QED) is 0.692. The monoisotopic (exact) mass is 244 g/mol. The molecule has 2 rings (SSSR count). The van der Waals surface area contributed by atoms with Crippen molar-refractivity contribution in [1.82, 2.24) is 4.90 Å². The van der Waals surface area contributed by atoms with Crippen molar-refractivity contribution in [3.05, 3.63) is 29.8 Å². The van der Waals surface area contributed by atoms with Gasteiger partial charge in [0.25, 0.3) is 0 Å². The highest BCUT2D eigenvalue weighted by Gasteiger charge is 2.22. The molecule has 0 amide bonds. The van der Waals surface area contributed by atoms with E-state index in [-0.39, 0.29) is 0 Å². The third-order valence-corrected chi connectivity index (χ3v) is 3.18. The zero-order valence-electron chi connectivity index (χ0n) is 10.9. The van der Waals surface area contributed by atoms with Gasteiger partial charge in [-0.1, -0.05) is 6.07 Å². The number of nitrogens with zero attached hydrogens (tertiary/aromatic N) is 2. The summed E-state index contributed by atoms with van der Waals surface area (Å²) < 4.78 is 5.64. The van der Waals surface area contributed by atoms with E-state index in [0.29, 0.717) is 12.2 Å². The first-order valence-electron chi connectivity index (χ1n) is 6.59. The first-order chi connectivity index (χ1) is 8.78. The van der Waals surface area contributed by atoms with Crippen molar-refractivity contribution < 1.29 is 4.74 Å². The minimum absolute atomic E-state index is 0.651. The molecule has 1 saturated carbocycles. The summed E-state index contributed by atoms with van der Waals surface area (Å²) >= 11 is 0. The lowest BCUT2D eigenvalue weighted by Gasteiger charge is -2.16. The zero-order chi connectivity index (χ0) is 12.8. The summed E-state index contributed by atoms with van der Waals surface area (Å²) in [5.41, 5.74) is 0.651. The fourth-order valence-corrected chi connectivity index (χ4v) is 2.01. The van der Waals surface area contributed by atoms with Crippen LogP contribution in [-0.2, 0) is 0 Å². The van der Waals surface area contributed by atoms with Crippen LogP contribution >= 0.6 is 0 Å². The van der Waals surface area contributed by atoms with Gasteiger partial charge in [0.05, 0.1) is 18.2 Å². The second kappa shape index (κ2) is 6.42. The van der Waals surface area contributed by atoms with Crippen LogP contribution in [0.3, 0.4) is 0 Å². The number of nitriles is 1. The Morgan fingerprint density at radius 3 is 3.00 bits per heavy atom. The maximum absolute atomic E-state index is 8.78. The second-order valence-electron chi connectivity index (χ2n) is 5.05. The van der Waals surface area contributed by atoms with E-state index in [9.17, 15) is 0 Å². The molecule has 1 aromatic carbocycles. The molecule has 3 nitrogen and oxygen atoms in total. The molecule has 1 aliphatic rings. The van der Waals surface area contributed by atoms with Crippen LogP contribution < -0.4 is 4.74 Å². The van der Waals surface area contributed by atoms with Gasteiger partial charge in [0, 0.05) is 13.1 Å². The number of rotatable bonds is 7. The molecule has 0 atom stereocenters. The van der Waals surface area contributed by atoms with Gasteiger partial charge in [0.1, 0.15) is 5.75 Å². The van der Waals surface area contributed by atoms with E-state index in [0.717, 1.165) is 24.6 Å². The highest BCUT2D eigenvalue weighted by Crippen LogP contribution is 2.29. The third-order valence-electron chi connectivity index (χ3n) is 3.18. The predicted octanol–water partition coefficient (Wildman–Crippen LogP) is 2.67. The fourth-order valence-electron chi connectivity index (χ4n) is 2.01. The molecule has 0 N–H and O–H groups in total. The van der Waals surface area contributed by atoms with E-state index in [1.165, 1.54) is 19.4 Å². The molecule has 1 aliphatic carbocycles. The molecule has 1 fully saturated rings. The first kappa shape index (κ1) is 12.9. The van der Waals surface area contributed by atoms with Crippen molar-refractivity contribution in [3.8, 4) is 11.8 Å². The van der Waals surface area contributed by atoms with E-state index in [1.54, 1.807) is 12.1 Å². The van der Waals surface area contributed by atoms with Gasteiger partial charge in [-0.25, -0.2) is 0 Å². The van der Waals surface area contributed by atoms with Crippen LogP contribution in [0.1, 0.15) is 24.8 Å². The van der Waals surface area contributed by atoms with Crippen LogP contribution in [0.2, 0.25) is 0 Å². The summed E-state index contributed by atoms with van der Waals surface area (Å²) in [5.74, 6) is 1.74. The lowest BCUT2D eigenvalue weighted by Crippen LogP contribution is -2.23. The Labute approximate surface area is 109 Å². The molecule has 0 spiro atoms. The topological polar surface area (TPSA) is 36.3 Å². The number of benzene rings is 1. The number of ether oxygens (including phenoxy) is 1. The maximum Gasteiger partial charge on any atom is 0.120 e. The number of hydrogen-bond acceptors (Lipinski definition) is 3. The normalized spacial score (nSPS) is 14.5. The molecule has 18 heavy (non-hydrogen) atoms. The standard InChI is InChI=1S/C15H20N2O/c1-17(12-13-6-7-13)8-3-9-18-15-5-2-4-14(10-15)11-16/h2,4-5,10,13H,3,6-9,12H2,1H3. The molecular weight excluding hydrogens is 224 g/mol. The van der Waals surface area contributed by atoms with E-state index >= 15 is 0 Å². The Morgan fingerprint density at radius 1 is 1.44 bits per heavy atom. The zero-order valence-corrected chi connectivity index (χ0v) is 10.9. The van der Waals surface area contributed by atoms with Gasteiger partial charge >= 0.3 is 0 Å². The van der Waals surface area contributed by atoms with Crippen LogP contribution in [0.5, 0.6) is 5.75 Å². The summed E-state index contributed by atoms with van der Waals surface area (Å²) in [6.45, 7) is 3.02. The average molecular weight is 244 g/mol. The van der Waals surface area contributed by atoms with Crippen molar-refractivity contribution in [3.63, 3.8) is 0 Å². The average Bonchev–Trinajstić information content (AvgIpc) is 3.19. The number of hydrogen-bond donors (Lipinski definition) is 0. The Balaban J connectivity index is 1.63. The van der Waals surface area contributed by atoms with Crippen LogP contribution in [0, 0.1) is 17.2 Å². The first-order valence-corrected chi connectivity index (χ1v) is 6.59. The Hall–Kier alpha value is -1.53. The SMILES string of the molecule is CN(CCCOc1cccc(C#N)c1)CC1CC1. The van der Waals surface area contributed by atoms with Crippen LogP contribution in [-0.4, -0.2) is 31.6 Å². The molecule has 0 unspecified atom stereocenters. The van der Waals surface area contributed by atoms with Crippen LogP contribution in [0.25, 0.3) is 0 Å². The van der Waals surface area contributed by atoms with Crippen molar-refractivity contribution in [2.24, 2.45) is 5.92 Å². The second-order valence-corrected chi connectivity index (χ2v) is 5.05. The molecule has 0 heterocycles. The molecule has 0 aromatic heterocycles. The Morgan fingerprint density at radius 2 is 2.28 bits per heavy atom. The van der Waals surface area contributed by atoms with Crippen LogP contribution in [0.15, 0.2) is 24.3 Å². The molecule has 96 valence electrons. The molecule has 0 saturated heterocycles. The van der Waals surface area contributed by atoms with Gasteiger partial charge in [0.15, 0.2) is 0 Å². The van der Waals surface area contributed by atoms with E-state index in [4.69, 9.17) is 10.00 Å². The lowest BCUT2D eigenvalue weighted by atomic mass is 10.2. The molecule has 3 heteroatoms. The molecule has 0 radical (unpaired) electrons. The van der Waals surface area contributed by atoms with Gasteiger partial charge in [0.2, 0.25) is 0 Å². The Kier molecular flexibility index (Phi) is 4.60. The van der Waals surface area contributed by atoms with Gasteiger partial charge in [-0.05, 0) is 50.4 Å². The van der Waals surface area contributed by atoms with Crippen LogP contribution in [0.4, 0.5) is 0 Å².